The first-order chi connectivity index (χ1) is 15.5. The van der Waals surface area contributed by atoms with Crippen LogP contribution in [0.2, 0.25) is 0 Å². The van der Waals surface area contributed by atoms with Gasteiger partial charge in [0.15, 0.2) is 0 Å². The highest BCUT2D eigenvalue weighted by Crippen LogP contribution is 2.21. The topological polar surface area (TPSA) is 121 Å². The number of hydrogen-bond donors (Lipinski definition) is 1. The fourth-order valence-electron chi connectivity index (χ4n) is 3.80. The summed E-state index contributed by atoms with van der Waals surface area (Å²) in [5, 5.41) is 6.70. The summed E-state index contributed by atoms with van der Waals surface area (Å²) >= 11 is 0. The molecular formula is C22H25N5O5. The van der Waals surface area contributed by atoms with E-state index in [-0.39, 0.29) is 24.5 Å². The third kappa shape index (κ3) is 4.20. The molecule has 1 N–H and O–H groups in total. The van der Waals surface area contributed by atoms with Crippen molar-refractivity contribution in [1.82, 2.24) is 24.6 Å². The molecular weight excluding hydrogens is 414 g/mol. The Hall–Kier alpha value is -3.69. The minimum Gasteiger partial charge on any atom is -0.497 e. The molecule has 0 spiro atoms. The van der Waals surface area contributed by atoms with Gasteiger partial charge in [0, 0.05) is 25.2 Å². The Morgan fingerprint density at radius 3 is 2.69 bits per heavy atom. The van der Waals surface area contributed by atoms with Crippen LogP contribution in [0.3, 0.4) is 0 Å². The molecule has 0 fully saturated rings. The monoisotopic (exact) mass is 439 g/mol. The van der Waals surface area contributed by atoms with Crippen LogP contribution >= 0.6 is 0 Å². The van der Waals surface area contributed by atoms with E-state index < -0.39 is 17.2 Å². The molecule has 10 heteroatoms. The summed E-state index contributed by atoms with van der Waals surface area (Å²) in [5.74, 6) is 0.840. The van der Waals surface area contributed by atoms with Crippen LogP contribution in [0.5, 0.6) is 5.75 Å². The fraction of sp³-hybridized carbons (Fsp3) is 0.409. The Morgan fingerprint density at radius 1 is 1.22 bits per heavy atom. The van der Waals surface area contributed by atoms with E-state index in [1.165, 1.54) is 0 Å². The number of aryl methyl sites for hydroxylation is 1. The van der Waals surface area contributed by atoms with E-state index in [0.717, 1.165) is 23.0 Å². The molecule has 0 saturated carbocycles. The van der Waals surface area contributed by atoms with E-state index in [9.17, 15) is 14.4 Å². The second-order valence-corrected chi connectivity index (χ2v) is 7.59. The lowest BCUT2D eigenvalue weighted by Crippen LogP contribution is -2.46. The molecule has 3 aromatic rings. The summed E-state index contributed by atoms with van der Waals surface area (Å²) in [5.41, 5.74) is 0.631. The van der Waals surface area contributed by atoms with E-state index in [1.807, 2.05) is 19.1 Å². The molecule has 0 unspecified atom stereocenters. The smallest absolute Gasteiger partial charge is 0.331 e. The molecule has 2 aromatic heterocycles. The predicted octanol–water partition coefficient (Wildman–Crippen LogP) is 1.28. The van der Waals surface area contributed by atoms with Crippen molar-refractivity contribution in [1.29, 1.82) is 0 Å². The first-order valence-electron chi connectivity index (χ1n) is 10.6. The van der Waals surface area contributed by atoms with Crippen molar-refractivity contribution in [3.8, 4) is 17.1 Å². The van der Waals surface area contributed by atoms with Crippen LogP contribution in [-0.4, -0.2) is 32.3 Å². The van der Waals surface area contributed by atoms with E-state index in [2.05, 4.69) is 15.5 Å². The lowest BCUT2D eigenvalue weighted by Gasteiger charge is -2.21. The summed E-state index contributed by atoms with van der Waals surface area (Å²) in [6.07, 6.45) is 2.78. The highest BCUT2D eigenvalue weighted by Gasteiger charge is 2.26. The Morgan fingerprint density at radius 2 is 2.00 bits per heavy atom. The molecule has 32 heavy (non-hydrogen) atoms. The van der Waals surface area contributed by atoms with Gasteiger partial charge in [0.25, 0.3) is 5.56 Å². The van der Waals surface area contributed by atoms with Crippen molar-refractivity contribution in [3.63, 3.8) is 0 Å². The molecule has 0 aliphatic carbocycles. The molecule has 168 valence electrons. The zero-order chi connectivity index (χ0) is 22.7. The van der Waals surface area contributed by atoms with Crippen LogP contribution < -0.4 is 21.3 Å². The number of carbonyl (C=O) groups is 1. The number of nitrogens with one attached hydrogen (secondary N) is 1. The number of benzene rings is 1. The Kier molecular flexibility index (Phi) is 6.20. The second kappa shape index (κ2) is 9.21. The zero-order valence-electron chi connectivity index (χ0n) is 18.1. The van der Waals surface area contributed by atoms with Gasteiger partial charge in [-0.15, -0.1) is 0 Å². The molecule has 1 amide bonds. The van der Waals surface area contributed by atoms with Crippen LogP contribution in [0.1, 0.15) is 36.9 Å². The van der Waals surface area contributed by atoms with Crippen LogP contribution in [0.25, 0.3) is 11.4 Å². The minimum atomic E-state index is -0.578. The first-order valence-corrected chi connectivity index (χ1v) is 10.6. The summed E-state index contributed by atoms with van der Waals surface area (Å²) in [6, 6.07) is 7.25. The molecule has 4 rings (SSSR count). The number of methoxy groups -OCH3 is 1. The summed E-state index contributed by atoms with van der Waals surface area (Å²) in [7, 11) is 1.58. The number of aromatic nitrogens is 4. The normalized spacial score (nSPS) is 12.9. The van der Waals surface area contributed by atoms with E-state index in [1.54, 1.807) is 23.8 Å². The number of ether oxygens (including phenoxy) is 1. The van der Waals surface area contributed by atoms with Crippen LogP contribution in [0.15, 0.2) is 38.4 Å². The maximum absolute atomic E-state index is 13.3. The molecule has 1 aliphatic rings. The third-order valence-electron chi connectivity index (χ3n) is 5.53. The quantitative estimate of drug-likeness (QED) is 0.589. The number of amides is 1. The molecule has 10 nitrogen and oxygen atoms in total. The van der Waals surface area contributed by atoms with Gasteiger partial charge in [-0.05, 0) is 37.0 Å². The van der Waals surface area contributed by atoms with Gasteiger partial charge in [0.2, 0.25) is 17.6 Å². The Bertz CT molecular complexity index is 1240. The Balaban J connectivity index is 1.63. The van der Waals surface area contributed by atoms with E-state index in [4.69, 9.17) is 9.26 Å². The van der Waals surface area contributed by atoms with Crippen molar-refractivity contribution < 1.29 is 14.1 Å². The van der Waals surface area contributed by atoms with Gasteiger partial charge in [-0.25, -0.2) is 4.79 Å². The molecule has 0 bridgehead atoms. The van der Waals surface area contributed by atoms with E-state index >= 15 is 0 Å². The molecule has 3 heterocycles. The van der Waals surface area contributed by atoms with Crippen LogP contribution in [0.4, 0.5) is 0 Å². The van der Waals surface area contributed by atoms with Crippen molar-refractivity contribution >= 4 is 5.91 Å². The van der Waals surface area contributed by atoms with Gasteiger partial charge in [-0.1, -0.05) is 24.2 Å². The van der Waals surface area contributed by atoms with Gasteiger partial charge in [-0.3, -0.25) is 18.7 Å². The molecule has 0 saturated heterocycles. The molecule has 0 atom stereocenters. The highest BCUT2D eigenvalue weighted by atomic mass is 16.5. The van der Waals surface area contributed by atoms with Crippen molar-refractivity contribution in [2.75, 3.05) is 7.11 Å². The molecule has 1 aliphatic heterocycles. The largest absolute Gasteiger partial charge is 0.497 e. The van der Waals surface area contributed by atoms with Gasteiger partial charge in [0.1, 0.15) is 17.9 Å². The third-order valence-corrected chi connectivity index (χ3v) is 5.53. The average Bonchev–Trinajstić information content (AvgIpc) is 3.30. The predicted molar refractivity (Wildman–Crippen MR) is 115 cm³/mol. The molecule has 1 aromatic carbocycles. The highest BCUT2D eigenvalue weighted by molar-refractivity contribution is 5.75. The average molecular weight is 439 g/mol. The maximum Gasteiger partial charge on any atom is 0.331 e. The van der Waals surface area contributed by atoms with E-state index in [0.29, 0.717) is 36.7 Å². The minimum absolute atomic E-state index is 0.157. The number of hydrogen-bond acceptors (Lipinski definition) is 7. The number of carbonyl (C=O) groups excluding carboxylic acids is 1. The lowest BCUT2D eigenvalue weighted by atomic mass is 10.0. The number of rotatable bonds is 7. The standard InChI is InChI=1S/C22H25N5O5/c1-3-18-24-20(25-32-18)19-16-6-4-5-11-26(16)22(30)27(21(19)29)13-17(28)23-12-14-7-9-15(31-2)10-8-14/h7-10H,3-6,11-13H2,1-2H3,(H,23,28). The van der Waals surface area contributed by atoms with Gasteiger partial charge in [0.05, 0.1) is 7.11 Å². The first kappa shape index (κ1) is 21.5. The fourth-order valence-corrected chi connectivity index (χ4v) is 3.80. The Labute approximate surface area is 183 Å². The number of nitrogens with zero attached hydrogens (tertiary/aromatic N) is 4. The zero-order valence-corrected chi connectivity index (χ0v) is 18.1. The number of fused-ring (bicyclic) bond motifs is 1. The van der Waals surface area contributed by atoms with Crippen LogP contribution in [0, 0.1) is 0 Å². The van der Waals surface area contributed by atoms with Crippen molar-refractivity contribution in [2.45, 2.75) is 52.2 Å². The second-order valence-electron chi connectivity index (χ2n) is 7.59. The summed E-state index contributed by atoms with van der Waals surface area (Å²) < 4.78 is 12.8. The van der Waals surface area contributed by atoms with Gasteiger partial charge >= 0.3 is 5.69 Å². The maximum atomic E-state index is 13.3. The SMILES string of the molecule is CCc1nc(-c2c3n(c(=O)n(CC(=O)NCc4ccc(OC)cc4)c2=O)CCCC3)no1. The van der Waals surface area contributed by atoms with Crippen LogP contribution in [-0.2, 0) is 37.3 Å². The van der Waals surface area contributed by atoms with Crippen molar-refractivity contribution in [2.24, 2.45) is 0 Å². The summed E-state index contributed by atoms with van der Waals surface area (Å²) in [4.78, 5) is 43.2. The summed E-state index contributed by atoms with van der Waals surface area (Å²) in [6.45, 7) is 2.22. The lowest BCUT2D eigenvalue weighted by molar-refractivity contribution is -0.121. The molecule has 0 radical (unpaired) electrons. The van der Waals surface area contributed by atoms with Gasteiger partial charge < -0.3 is 14.6 Å². The van der Waals surface area contributed by atoms with Gasteiger partial charge in [-0.2, -0.15) is 4.98 Å². The van der Waals surface area contributed by atoms with Crippen molar-refractivity contribution in [3.05, 3.63) is 62.3 Å².